The number of hydrogen-bond acceptors (Lipinski definition) is 4. The zero-order valence-electron chi connectivity index (χ0n) is 12.0. The van der Waals surface area contributed by atoms with Gasteiger partial charge in [-0.3, -0.25) is 0 Å². The molecule has 4 nitrogen and oxygen atoms in total. The van der Waals surface area contributed by atoms with Gasteiger partial charge in [-0.2, -0.15) is 0 Å². The lowest BCUT2D eigenvalue weighted by Gasteiger charge is -2.41. The van der Waals surface area contributed by atoms with E-state index in [-0.39, 0.29) is 18.2 Å². The van der Waals surface area contributed by atoms with Crippen LogP contribution in [0.5, 0.6) is 0 Å². The molecular formula is C15H20BrNO3. The van der Waals surface area contributed by atoms with Crippen molar-refractivity contribution in [3.05, 3.63) is 28.7 Å². The lowest BCUT2D eigenvalue weighted by atomic mass is 9.83. The van der Waals surface area contributed by atoms with Crippen LogP contribution in [0, 0.1) is 0 Å². The van der Waals surface area contributed by atoms with E-state index in [1.54, 1.807) is 0 Å². The van der Waals surface area contributed by atoms with Crippen molar-refractivity contribution in [1.29, 1.82) is 0 Å². The highest BCUT2D eigenvalue weighted by Crippen LogP contribution is 2.35. The van der Waals surface area contributed by atoms with Crippen LogP contribution in [0.3, 0.4) is 0 Å². The minimum atomic E-state index is -0.740. The van der Waals surface area contributed by atoms with Gasteiger partial charge in [0, 0.05) is 23.0 Å². The van der Waals surface area contributed by atoms with Crippen molar-refractivity contribution in [3.8, 4) is 0 Å². The van der Waals surface area contributed by atoms with E-state index in [2.05, 4.69) is 21.2 Å². The summed E-state index contributed by atoms with van der Waals surface area (Å²) in [6.07, 6.45) is 1.19. The Kier molecular flexibility index (Phi) is 4.70. The summed E-state index contributed by atoms with van der Waals surface area (Å²) in [4.78, 5) is 12.3. The van der Waals surface area contributed by atoms with Crippen molar-refractivity contribution in [2.75, 3.05) is 12.4 Å². The lowest BCUT2D eigenvalue weighted by molar-refractivity contribution is -0.154. The Balaban J connectivity index is 2.33. The maximum Gasteiger partial charge on any atom is 0.331 e. The molecule has 1 aliphatic rings. The largest absolute Gasteiger partial charge is 0.467 e. The zero-order chi connectivity index (χ0) is 14.8. The monoisotopic (exact) mass is 341 g/mol. The van der Waals surface area contributed by atoms with Crippen molar-refractivity contribution in [1.82, 2.24) is 0 Å². The van der Waals surface area contributed by atoms with Crippen molar-refractivity contribution in [3.63, 3.8) is 0 Å². The van der Waals surface area contributed by atoms with Crippen LogP contribution >= 0.6 is 15.9 Å². The minimum absolute atomic E-state index is 0.00726. The molecule has 5 heteroatoms. The second-order valence-electron chi connectivity index (χ2n) is 5.34. The van der Waals surface area contributed by atoms with E-state index in [4.69, 9.17) is 9.47 Å². The molecule has 0 saturated carbocycles. The maximum atomic E-state index is 12.3. The highest BCUT2D eigenvalue weighted by atomic mass is 79.9. The van der Waals surface area contributed by atoms with Crippen LogP contribution in [0.4, 0.5) is 5.69 Å². The van der Waals surface area contributed by atoms with Gasteiger partial charge in [-0.15, -0.1) is 0 Å². The smallest absolute Gasteiger partial charge is 0.331 e. The first-order valence-corrected chi connectivity index (χ1v) is 7.53. The van der Waals surface area contributed by atoms with Crippen molar-refractivity contribution in [2.45, 2.75) is 44.4 Å². The van der Waals surface area contributed by atoms with Gasteiger partial charge < -0.3 is 14.8 Å². The Labute approximate surface area is 128 Å². The van der Waals surface area contributed by atoms with Gasteiger partial charge in [-0.05, 0) is 41.9 Å². The fourth-order valence-corrected chi connectivity index (χ4v) is 3.28. The number of nitrogens with one attached hydrogen (secondary N) is 1. The van der Waals surface area contributed by atoms with E-state index in [0.29, 0.717) is 12.8 Å². The molecule has 1 fully saturated rings. The van der Waals surface area contributed by atoms with E-state index >= 15 is 0 Å². The summed E-state index contributed by atoms with van der Waals surface area (Å²) in [5.74, 6) is -0.241. The number of esters is 1. The molecule has 110 valence electrons. The third-order valence-electron chi connectivity index (χ3n) is 3.56. The van der Waals surface area contributed by atoms with Crippen LogP contribution in [-0.2, 0) is 14.3 Å². The summed E-state index contributed by atoms with van der Waals surface area (Å²) in [7, 11) is 1.43. The predicted molar refractivity (Wildman–Crippen MR) is 81.8 cm³/mol. The topological polar surface area (TPSA) is 47.6 Å². The lowest BCUT2D eigenvalue weighted by Crippen LogP contribution is -2.55. The highest BCUT2D eigenvalue weighted by Gasteiger charge is 2.46. The Bertz CT molecular complexity index is 482. The molecule has 0 aliphatic carbocycles. The second-order valence-corrected chi connectivity index (χ2v) is 6.20. The average molecular weight is 342 g/mol. The van der Waals surface area contributed by atoms with Gasteiger partial charge in [0.2, 0.25) is 0 Å². The number of hydrogen-bond donors (Lipinski definition) is 1. The predicted octanol–water partition coefficient (Wildman–Crippen LogP) is 3.36. The van der Waals surface area contributed by atoms with E-state index in [1.807, 2.05) is 38.1 Å². The van der Waals surface area contributed by atoms with Gasteiger partial charge in [-0.1, -0.05) is 12.1 Å². The molecule has 1 aromatic carbocycles. The van der Waals surface area contributed by atoms with Gasteiger partial charge in [0.05, 0.1) is 19.3 Å². The number of ether oxygens (including phenoxy) is 2. The number of rotatable bonds is 3. The Morgan fingerprint density at radius 2 is 1.95 bits per heavy atom. The number of anilines is 1. The van der Waals surface area contributed by atoms with Crippen LogP contribution in [-0.4, -0.2) is 30.8 Å². The quantitative estimate of drug-likeness (QED) is 0.856. The summed E-state index contributed by atoms with van der Waals surface area (Å²) < 4.78 is 11.7. The van der Waals surface area contributed by atoms with E-state index in [1.165, 1.54) is 7.11 Å². The Morgan fingerprint density at radius 3 is 2.50 bits per heavy atom. The molecule has 1 N–H and O–H groups in total. The number of benzene rings is 1. The van der Waals surface area contributed by atoms with Crippen LogP contribution < -0.4 is 5.32 Å². The van der Waals surface area contributed by atoms with Gasteiger partial charge in [0.25, 0.3) is 0 Å². The maximum absolute atomic E-state index is 12.3. The van der Waals surface area contributed by atoms with Crippen LogP contribution in [0.15, 0.2) is 28.7 Å². The molecule has 0 amide bonds. The molecule has 2 atom stereocenters. The molecule has 2 unspecified atom stereocenters. The molecule has 0 aromatic heterocycles. The summed E-state index contributed by atoms with van der Waals surface area (Å²) in [5.41, 5.74) is 0.148. The average Bonchev–Trinajstić information content (AvgIpc) is 2.39. The molecule has 1 saturated heterocycles. The molecule has 20 heavy (non-hydrogen) atoms. The summed E-state index contributed by atoms with van der Waals surface area (Å²) in [6.45, 7) is 3.96. The fraction of sp³-hybridized carbons (Fsp3) is 0.533. The molecular weight excluding hydrogens is 322 g/mol. The fourth-order valence-electron chi connectivity index (χ4n) is 2.89. The van der Waals surface area contributed by atoms with Crippen LogP contribution in [0.2, 0.25) is 0 Å². The first kappa shape index (κ1) is 15.3. The summed E-state index contributed by atoms with van der Waals surface area (Å²) in [5, 5.41) is 3.37. The number of carbonyl (C=O) groups is 1. The minimum Gasteiger partial charge on any atom is -0.467 e. The first-order valence-electron chi connectivity index (χ1n) is 6.73. The molecule has 0 bridgehead atoms. The van der Waals surface area contributed by atoms with Crippen molar-refractivity contribution in [2.24, 2.45) is 0 Å². The standard InChI is InChI=1S/C15H20BrNO3/c1-10-8-15(14(18)19-3,9-11(2)20-10)17-13-7-5-4-6-12(13)16/h4-7,10-11,17H,8-9H2,1-3H3. The van der Waals surface area contributed by atoms with E-state index in [9.17, 15) is 4.79 Å². The molecule has 0 spiro atoms. The van der Waals surface area contributed by atoms with Crippen LogP contribution in [0.25, 0.3) is 0 Å². The number of para-hydroxylation sites is 1. The zero-order valence-corrected chi connectivity index (χ0v) is 13.6. The second kappa shape index (κ2) is 6.14. The third kappa shape index (κ3) is 3.15. The van der Waals surface area contributed by atoms with Crippen molar-refractivity contribution >= 4 is 27.6 Å². The molecule has 1 aromatic rings. The van der Waals surface area contributed by atoms with Crippen LogP contribution in [0.1, 0.15) is 26.7 Å². The number of halogens is 1. The Morgan fingerprint density at radius 1 is 1.35 bits per heavy atom. The van der Waals surface area contributed by atoms with Gasteiger partial charge in [0.1, 0.15) is 5.54 Å². The third-order valence-corrected chi connectivity index (χ3v) is 4.25. The molecule has 0 radical (unpaired) electrons. The van der Waals surface area contributed by atoms with E-state index < -0.39 is 5.54 Å². The molecule has 2 rings (SSSR count). The molecule has 1 aliphatic heterocycles. The van der Waals surface area contributed by atoms with E-state index in [0.717, 1.165) is 10.2 Å². The molecule has 1 heterocycles. The van der Waals surface area contributed by atoms with Gasteiger partial charge in [-0.25, -0.2) is 4.79 Å². The summed E-state index contributed by atoms with van der Waals surface area (Å²) >= 11 is 3.50. The SMILES string of the molecule is COC(=O)C1(Nc2ccccc2Br)CC(C)OC(C)C1. The number of carbonyl (C=O) groups excluding carboxylic acids is 1. The van der Waals surface area contributed by atoms with Gasteiger partial charge >= 0.3 is 5.97 Å². The Hall–Kier alpha value is -1.07. The highest BCUT2D eigenvalue weighted by molar-refractivity contribution is 9.10. The van der Waals surface area contributed by atoms with Gasteiger partial charge in [0.15, 0.2) is 0 Å². The van der Waals surface area contributed by atoms with Crippen molar-refractivity contribution < 1.29 is 14.3 Å². The normalized spacial score (nSPS) is 29.8. The first-order chi connectivity index (χ1) is 9.47. The number of methoxy groups -OCH3 is 1. The summed E-state index contributed by atoms with van der Waals surface area (Å²) in [6, 6.07) is 7.76.